The van der Waals surface area contributed by atoms with E-state index in [0.717, 1.165) is 5.82 Å². The van der Waals surface area contributed by atoms with Crippen molar-refractivity contribution in [2.45, 2.75) is 13.0 Å². The van der Waals surface area contributed by atoms with Crippen LogP contribution in [0.1, 0.15) is 12.0 Å². The van der Waals surface area contributed by atoms with E-state index in [1.165, 1.54) is 6.07 Å². The van der Waals surface area contributed by atoms with Crippen LogP contribution in [0, 0.1) is 5.82 Å². The van der Waals surface area contributed by atoms with Crippen LogP contribution >= 0.6 is 11.1 Å². The number of nitrogens with two attached hydrogens (primary N) is 1. The van der Waals surface area contributed by atoms with Crippen molar-refractivity contribution in [2.75, 3.05) is 23.7 Å². The van der Waals surface area contributed by atoms with Gasteiger partial charge in [-0.1, -0.05) is 24.3 Å². The number of halogens is 1. The third-order valence-corrected chi connectivity index (χ3v) is 4.49. The van der Waals surface area contributed by atoms with Crippen molar-refractivity contribution in [1.82, 2.24) is 13.7 Å². The molecule has 0 fully saturated rings. The zero-order valence-corrected chi connectivity index (χ0v) is 14.8. The number of rotatable bonds is 7. The standard InChI is InChI=1S/C17H19FN6OS/c18-14-7-2-1-6-13(14)12-24(15-8-3-4-9-20-15)11-5-10-21-17-16(19)22-26(25)23-17/h1-4,6-9H,5,10-12H2,(H2,19,22)(H,21,23). The van der Waals surface area contributed by atoms with Gasteiger partial charge in [-0.05, 0) is 24.6 Å². The lowest BCUT2D eigenvalue weighted by molar-refractivity contribution is 0.584. The maximum atomic E-state index is 14.0. The van der Waals surface area contributed by atoms with Crippen LogP contribution in [0.5, 0.6) is 0 Å². The number of benzene rings is 1. The van der Waals surface area contributed by atoms with Gasteiger partial charge in [0, 0.05) is 35.8 Å². The molecule has 0 aliphatic rings. The first-order chi connectivity index (χ1) is 12.6. The van der Waals surface area contributed by atoms with E-state index >= 15 is 0 Å². The number of hydrogen-bond donors (Lipinski definition) is 2. The smallest absolute Gasteiger partial charge is 0.229 e. The lowest BCUT2D eigenvalue weighted by atomic mass is 10.2. The molecule has 26 heavy (non-hydrogen) atoms. The average Bonchev–Trinajstić information content (AvgIpc) is 2.97. The number of nitrogens with zero attached hydrogens (tertiary/aromatic N) is 4. The number of H-pyrrole nitrogens is 1. The minimum absolute atomic E-state index is 0.149. The molecular formula is C17H19FN6OS. The summed E-state index contributed by atoms with van der Waals surface area (Å²) in [6.45, 7) is 1.50. The molecule has 2 aromatic heterocycles. The van der Waals surface area contributed by atoms with E-state index in [1.54, 1.807) is 18.3 Å². The molecule has 0 aliphatic carbocycles. The number of hydrogen-bond acceptors (Lipinski definition) is 6. The molecule has 0 aliphatic heterocycles. The fourth-order valence-electron chi connectivity index (χ4n) is 2.50. The van der Waals surface area contributed by atoms with Crippen LogP contribution in [0.2, 0.25) is 0 Å². The van der Waals surface area contributed by atoms with Gasteiger partial charge in [-0.25, -0.2) is 9.37 Å². The van der Waals surface area contributed by atoms with Crippen LogP contribution in [-0.2, 0) is 6.54 Å². The van der Waals surface area contributed by atoms with Crippen molar-refractivity contribution in [3.8, 4) is 0 Å². The lowest BCUT2D eigenvalue weighted by Gasteiger charge is -2.23. The Labute approximate surface area is 153 Å². The molecule has 0 amide bonds. The maximum Gasteiger partial charge on any atom is 0.229 e. The molecule has 2 heterocycles. The Morgan fingerprint density at radius 3 is 2.73 bits per heavy atom. The summed E-state index contributed by atoms with van der Waals surface area (Å²) in [5.74, 6) is 0.677. The van der Waals surface area contributed by atoms with Gasteiger partial charge in [-0.2, -0.15) is 0 Å². The highest BCUT2D eigenvalue weighted by Gasteiger charge is 2.11. The Kier molecular flexibility index (Phi) is 5.92. The number of nitrogen functional groups attached to an aromatic ring is 1. The molecule has 0 spiro atoms. The van der Waals surface area contributed by atoms with Crippen molar-refractivity contribution in [1.29, 1.82) is 0 Å². The summed E-state index contributed by atoms with van der Waals surface area (Å²) in [5.41, 5.74) is 6.58. The number of anilines is 2. The first-order valence-electron chi connectivity index (χ1n) is 8.10. The summed E-state index contributed by atoms with van der Waals surface area (Å²) < 4.78 is 31.5. The summed E-state index contributed by atoms with van der Waals surface area (Å²) in [5, 5.41) is 0. The molecule has 1 atom stereocenters. The third kappa shape index (κ3) is 4.64. The molecule has 1 aromatic carbocycles. The van der Waals surface area contributed by atoms with Crippen molar-refractivity contribution in [3.05, 3.63) is 65.5 Å². The van der Waals surface area contributed by atoms with Crippen LogP contribution in [0.3, 0.4) is 0 Å². The van der Waals surface area contributed by atoms with Gasteiger partial charge in [0.05, 0.1) is 0 Å². The summed E-state index contributed by atoms with van der Waals surface area (Å²) in [4.78, 5) is 10.6. The Balaban J connectivity index is 1.69. The minimum Gasteiger partial charge on any atom is -0.548 e. The van der Waals surface area contributed by atoms with Crippen molar-refractivity contribution in [2.24, 2.45) is 4.99 Å². The molecule has 7 nitrogen and oxygen atoms in total. The van der Waals surface area contributed by atoms with Gasteiger partial charge in [0.2, 0.25) is 11.3 Å². The predicted molar refractivity (Wildman–Crippen MR) is 98.4 cm³/mol. The van der Waals surface area contributed by atoms with E-state index < -0.39 is 11.1 Å². The Morgan fingerprint density at radius 1 is 1.23 bits per heavy atom. The summed E-state index contributed by atoms with van der Waals surface area (Å²) in [6.07, 6.45) is 2.40. The van der Waals surface area contributed by atoms with Crippen LogP contribution in [0.4, 0.5) is 16.0 Å². The van der Waals surface area contributed by atoms with Gasteiger partial charge < -0.3 is 15.2 Å². The van der Waals surface area contributed by atoms with E-state index in [2.05, 4.69) is 18.7 Å². The molecule has 0 saturated heterocycles. The van der Waals surface area contributed by atoms with Crippen molar-refractivity contribution < 1.29 is 8.94 Å². The van der Waals surface area contributed by atoms with Crippen LogP contribution < -0.4 is 16.1 Å². The third-order valence-electron chi connectivity index (χ3n) is 3.76. The molecule has 0 radical (unpaired) electrons. The molecule has 0 bridgehead atoms. The van der Waals surface area contributed by atoms with Crippen LogP contribution in [0.15, 0.2) is 53.7 Å². The van der Waals surface area contributed by atoms with E-state index in [-0.39, 0.29) is 11.6 Å². The first-order valence-corrected chi connectivity index (χ1v) is 9.21. The van der Waals surface area contributed by atoms with E-state index in [0.29, 0.717) is 37.1 Å². The highest BCUT2D eigenvalue weighted by Crippen LogP contribution is 2.16. The van der Waals surface area contributed by atoms with Crippen LogP contribution in [-0.4, -0.2) is 31.4 Å². The monoisotopic (exact) mass is 374 g/mol. The van der Waals surface area contributed by atoms with Gasteiger partial charge in [0.25, 0.3) is 0 Å². The number of pyridine rings is 1. The number of aromatic nitrogens is 3. The van der Waals surface area contributed by atoms with Gasteiger partial charge in [0.1, 0.15) is 11.6 Å². The SMILES string of the molecule is Nc1n[s+]([O-])[nH]c1=NCCCN(Cc1ccccc1F)c1ccccn1. The Hall–Kier alpha value is -2.78. The zero-order valence-electron chi connectivity index (χ0n) is 14.0. The molecule has 3 aromatic rings. The lowest BCUT2D eigenvalue weighted by Crippen LogP contribution is -2.26. The van der Waals surface area contributed by atoms with Gasteiger partial charge >= 0.3 is 0 Å². The van der Waals surface area contributed by atoms with Crippen molar-refractivity contribution >= 4 is 22.8 Å². The first kappa shape index (κ1) is 18.0. The van der Waals surface area contributed by atoms with E-state index in [4.69, 9.17) is 5.73 Å². The summed E-state index contributed by atoms with van der Waals surface area (Å²) in [7, 11) is 0. The summed E-state index contributed by atoms with van der Waals surface area (Å²) >= 11 is -1.54. The average molecular weight is 374 g/mol. The fourth-order valence-corrected chi connectivity index (χ4v) is 3.15. The zero-order chi connectivity index (χ0) is 18.4. The maximum absolute atomic E-state index is 14.0. The molecule has 3 rings (SSSR count). The normalized spacial score (nSPS) is 12.4. The number of aromatic amines is 1. The Morgan fingerprint density at radius 2 is 2.04 bits per heavy atom. The predicted octanol–water partition coefficient (Wildman–Crippen LogP) is 2.25. The quantitative estimate of drug-likeness (QED) is 0.487. The minimum atomic E-state index is -1.54. The van der Waals surface area contributed by atoms with Gasteiger partial charge in [-0.15, -0.1) is 4.37 Å². The van der Waals surface area contributed by atoms with Gasteiger partial charge in [0.15, 0.2) is 11.1 Å². The summed E-state index contributed by atoms with van der Waals surface area (Å²) in [6, 6.07) is 12.3. The van der Waals surface area contributed by atoms with E-state index in [1.807, 2.05) is 29.2 Å². The van der Waals surface area contributed by atoms with Crippen LogP contribution in [0.25, 0.3) is 0 Å². The highest BCUT2D eigenvalue weighted by molar-refractivity contribution is 7.13. The fraction of sp³-hybridized carbons (Fsp3) is 0.235. The van der Waals surface area contributed by atoms with Gasteiger partial charge in [-0.3, -0.25) is 4.99 Å². The highest BCUT2D eigenvalue weighted by atomic mass is 32.2. The molecule has 0 saturated carbocycles. The second-order valence-corrected chi connectivity index (χ2v) is 6.50. The second-order valence-electron chi connectivity index (χ2n) is 5.61. The molecule has 1 unspecified atom stereocenters. The largest absolute Gasteiger partial charge is 0.548 e. The molecule has 136 valence electrons. The topological polar surface area (TPSA) is 106 Å². The van der Waals surface area contributed by atoms with E-state index in [9.17, 15) is 8.94 Å². The molecule has 3 N–H and O–H groups in total. The molecule has 9 heteroatoms. The molecular weight excluding hydrogens is 355 g/mol. The number of nitrogens with one attached hydrogen (secondary N) is 1. The Bertz CT molecular complexity index is 911. The second kappa shape index (κ2) is 8.54. The van der Waals surface area contributed by atoms with Crippen molar-refractivity contribution in [3.63, 3.8) is 0 Å².